The third-order valence-electron chi connectivity index (χ3n) is 5.88. The average molecular weight is 441 g/mol. The quantitative estimate of drug-likeness (QED) is 0.251. The Bertz CT molecular complexity index is 606. The zero-order valence-electron chi connectivity index (χ0n) is 19.8. The first-order valence-electron chi connectivity index (χ1n) is 12.5. The Labute approximate surface area is 195 Å². The summed E-state index contributed by atoms with van der Waals surface area (Å²) in [5.74, 6) is 0. The molecule has 0 aliphatic heterocycles. The van der Waals surface area contributed by atoms with Gasteiger partial charge in [-0.05, 0) is 24.0 Å². The highest BCUT2D eigenvalue weighted by Crippen LogP contribution is 2.13. The molecule has 0 aromatic heterocycles. The normalized spacial score (nSPS) is 13.2. The topological polar surface area (TPSA) is 70.5 Å². The standard InChI is InChI=1S/C28H44N2O2/c29-27(25-17-11-9-12-18-25)23-31-21-15-7-5-3-1-2-4-6-8-16-22-32-24-28(30)26-19-13-10-14-20-26/h9-14,17-20,27-28H,1-8,15-16,21-24,29-30H2/t27-,28-/m1/s1. The molecule has 2 aromatic carbocycles. The van der Waals surface area contributed by atoms with Crippen molar-refractivity contribution in [3.05, 3.63) is 71.8 Å². The maximum absolute atomic E-state index is 6.15. The van der Waals surface area contributed by atoms with E-state index in [4.69, 9.17) is 20.9 Å². The molecular weight excluding hydrogens is 396 g/mol. The first-order chi connectivity index (χ1) is 15.8. The van der Waals surface area contributed by atoms with Gasteiger partial charge in [-0.3, -0.25) is 0 Å². The third kappa shape index (κ3) is 12.4. The van der Waals surface area contributed by atoms with Crippen molar-refractivity contribution in [3.8, 4) is 0 Å². The second-order valence-corrected chi connectivity index (χ2v) is 8.72. The number of nitrogens with two attached hydrogens (primary N) is 2. The summed E-state index contributed by atoms with van der Waals surface area (Å²) >= 11 is 0. The summed E-state index contributed by atoms with van der Waals surface area (Å²) in [7, 11) is 0. The van der Waals surface area contributed by atoms with Gasteiger partial charge in [-0.25, -0.2) is 0 Å². The molecule has 0 aliphatic rings. The van der Waals surface area contributed by atoms with E-state index in [-0.39, 0.29) is 12.1 Å². The average Bonchev–Trinajstić information content (AvgIpc) is 2.84. The van der Waals surface area contributed by atoms with E-state index in [0.29, 0.717) is 13.2 Å². The highest BCUT2D eigenvalue weighted by Gasteiger charge is 2.05. The van der Waals surface area contributed by atoms with E-state index in [1.54, 1.807) is 0 Å². The minimum Gasteiger partial charge on any atom is -0.379 e. The van der Waals surface area contributed by atoms with Crippen LogP contribution in [0.4, 0.5) is 0 Å². The van der Waals surface area contributed by atoms with Crippen LogP contribution in [-0.2, 0) is 9.47 Å². The number of hydrogen-bond acceptors (Lipinski definition) is 4. The summed E-state index contributed by atoms with van der Waals surface area (Å²) in [5, 5.41) is 0. The maximum atomic E-state index is 6.15. The predicted molar refractivity (Wildman–Crippen MR) is 135 cm³/mol. The minimum atomic E-state index is -0.0189. The highest BCUT2D eigenvalue weighted by molar-refractivity contribution is 5.19. The molecule has 0 amide bonds. The lowest BCUT2D eigenvalue weighted by Gasteiger charge is -2.12. The van der Waals surface area contributed by atoms with Crippen LogP contribution in [0.3, 0.4) is 0 Å². The fourth-order valence-electron chi connectivity index (χ4n) is 3.84. The Morgan fingerprint density at radius 3 is 1.12 bits per heavy atom. The molecule has 0 saturated heterocycles. The lowest BCUT2D eigenvalue weighted by Crippen LogP contribution is -2.17. The van der Waals surface area contributed by atoms with Gasteiger partial charge in [0.1, 0.15) is 0 Å². The number of ether oxygens (including phenoxy) is 2. The minimum absolute atomic E-state index is 0.0189. The number of rotatable bonds is 19. The van der Waals surface area contributed by atoms with E-state index in [2.05, 4.69) is 24.3 Å². The highest BCUT2D eigenvalue weighted by atomic mass is 16.5. The summed E-state index contributed by atoms with van der Waals surface area (Å²) < 4.78 is 11.5. The molecule has 0 spiro atoms. The molecule has 2 aromatic rings. The smallest absolute Gasteiger partial charge is 0.0659 e. The van der Waals surface area contributed by atoms with Crippen molar-refractivity contribution in [2.24, 2.45) is 11.5 Å². The van der Waals surface area contributed by atoms with Crippen molar-refractivity contribution in [2.75, 3.05) is 26.4 Å². The Morgan fingerprint density at radius 2 is 0.781 bits per heavy atom. The molecule has 178 valence electrons. The summed E-state index contributed by atoms with van der Waals surface area (Å²) in [6.07, 6.45) is 12.8. The molecule has 0 fully saturated rings. The summed E-state index contributed by atoms with van der Waals surface area (Å²) in [6.45, 7) is 2.85. The zero-order valence-corrected chi connectivity index (χ0v) is 19.8. The molecule has 32 heavy (non-hydrogen) atoms. The summed E-state index contributed by atoms with van der Waals surface area (Å²) in [6, 6.07) is 20.3. The fraction of sp³-hybridized carbons (Fsp3) is 0.571. The Kier molecular flexibility index (Phi) is 14.8. The molecule has 2 atom stereocenters. The molecule has 0 saturated carbocycles. The van der Waals surface area contributed by atoms with Gasteiger partial charge in [0.25, 0.3) is 0 Å². The Morgan fingerprint density at radius 1 is 0.469 bits per heavy atom. The van der Waals surface area contributed by atoms with Crippen LogP contribution in [0.15, 0.2) is 60.7 Å². The van der Waals surface area contributed by atoms with Crippen LogP contribution in [-0.4, -0.2) is 26.4 Å². The van der Waals surface area contributed by atoms with Gasteiger partial charge < -0.3 is 20.9 Å². The lowest BCUT2D eigenvalue weighted by molar-refractivity contribution is 0.117. The second-order valence-electron chi connectivity index (χ2n) is 8.72. The van der Waals surface area contributed by atoms with Crippen molar-refractivity contribution in [1.82, 2.24) is 0 Å². The Balaban J connectivity index is 1.28. The largest absolute Gasteiger partial charge is 0.379 e. The monoisotopic (exact) mass is 440 g/mol. The van der Waals surface area contributed by atoms with Crippen LogP contribution in [0.1, 0.15) is 87.4 Å². The van der Waals surface area contributed by atoms with E-state index in [1.165, 1.54) is 51.4 Å². The molecule has 4 nitrogen and oxygen atoms in total. The van der Waals surface area contributed by atoms with E-state index in [1.807, 2.05) is 36.4 Å². The van der Waals surface area contributed by atoms with Crippen molar-refractivity contribution < 1.29 is 9.47 Å². The van der Waals surface area contributed by atoms with Crippen LogP contribution in [0.5, 0.6) is 0 Å². The van der Waals surface area contributed by atoms with E-state index in [0.717, 1.165) is 37.2 Å². The molecule has 0 aliphatic carbocycles. The van der Waals surface area contributed by atoms with Crippen molar-refractivity contribution in [1.29, 1.82) is 0 Å². The molecule has 0 unspecified atom stereocenters. The molecular formula is C28H44N2O2. The van der Waals surface area contributed by atoms with Crippen LogP contribution < -0.4 is 11.5 Å². The van der Waals surface area contributed by atoms with Crippen LogP contribution in [0.25, 0.3) is 0 Å². The first-order valence-corrected chi connectivity index (χ1v) is 12.5. The number of benzene rings is 2. The van der Waals surface area contributed by atoms with E-state index in [9.17, 15) is 0 Å². The first kappa shape index (κ1) is 26.5. The van der Waals surface area contributed by atoms with Gasteiger partial charge in [-0.1, -0.05) is 112 Å². The number of hydrogen-bond donors (Lipinski definition) is 2. The second kappa shape index (κ2) is 17.8. The van der Waals surface area contributed by atoms with Gasteiger partial charge in [0.15, 0.2) is 0 Å². The van der Waals surface area contributed by atoms with Crippen LogP contribution >= 0.6 is 0 Å². The third-order valence-corrected chi connectivity index (χ3v) is 5.88. The summed E-state index contributed by atoms with van der Waals surface area (Å²) in [5.41, 5.74) is 14.6. The molecule has 2 rings (SSSR count). The number of unbranched alkanes of at least 4 members (excludes halogenated alkanes) is 9. The van der Waals surface area contributed by atoms with Crippen molar-refractivity contribution >= 4 is 0 Å². The SMILES string of the molecule is N[C@H](COCCCCCCCCCCCCOC[C@@H](N)c1ccccc1)c1ccccc1. The molecule has 0 heterocycles. The van der Waals surface area contributed by atoms with Crippen molar-refractivity contribution in [2.45, 2.75) is 76.3 Å². The predicted octanol–water partition coefficient (Wildman–Crippen LogP) is 6.32. The van der Waals surface area contributed by atoms with Gasteiger partial charge in [0.2, 0.25) is 0 Å². The van der Waals surface area contributed by atoms with E-state index >= 15 is 0 Å². The van der Waals surface area contributed by atoms with Crippen LogP contribution in [0, 0.1) is 0 Å². The van der Waals surface area contributed by atoms with Gasteiger partial charge in [-0.2, -0.15) is 0 Å². The zero-order chi connectivity index (χ0) is 22.7. The van der Waals surface area contributed by atoms with Crippen molar-refractivity contribution in [3.63, 3.8) is 0 Å². The van der Waals surface area contributed by atoms with Gasteiger partial charge in [-0.15, -0.1) is 0 Å². The van der Waals surface area contributed by atoms with Gasteiger partial charge >= 0.3 is 0 Å². The molecule has 0 radical (unpaired) electrons. The van der Waals surface area contributed by atoms with E-state index < -0.39 is 0 Å². The maximum Gasteiger partial charge on any atom is 0.0659 e. The fourth-order valence-corrected chi connectivity index (χ4v) is 3.84. The van der Waals surface area contributed by atoms with Gasteiger partial charge in [0.05, 0.1) is 25.3 Å². The molecule has 4 heteroatoms. The lowest BCUT2D eigenvalue weighted by atomic mass is 10.1. The summed E-state index contributed by atoms with van der Waals surface area (Å²) in [4.78, 5) is 0. The van der Waals surface area contributed by atoms with Crippen LogP contribution in [0.2, 0.25) is 0 Å². The molecule has 0 bridgehead atoms. The van der Waals surface area contributed by atoms with Gasteiger partial charge in [0, 0.05) is 13.2 Å². The Hall–Kier alpha value is -1.72. The molecule has 4 N–H and O–H groups in total.